The van der Waals surface area contributed by atoms with Gasteiger partial charge in [0.15, 0.2) is 0 Å². The van der Waals surface area contributed by atoms with Crippen LogP contribution in [0.1, 0.15) is 0 Å². The fourth-order valence-electron chi connectivity index (χ4n) is 3.13. The van der Waals surface area contributed by atoms with E-state index in [1.165, 1.54) is 5.69 Å². The van der Waals surface area contributed by atoms with Gasteiger partial charge in [-0.3, -0.25) is 0 Å². The van der Waals surface area contributed by atoms with Crippen molar-refractivity contribution in [3.8, 4) is 28.1 Å². The van der Waals surface area contributed by atoms with E-state index >= 15 is 0 Å². The minimum atomic E-state index is 0.211. The third-order valence-electron chi connectivity index (χ3n) is 4.52. The Kier molecular flexibility index (Phi) is 4.31. The summed E-state index contributed by atoms with van der Waals surface area (Å²) in [7, 11) is 0. The van der Waals surface area contributed by atoms with E-state index in [-0.39, 0.29) is 5.75 Å². The van der Waals surface area contributed by atoms with E-state index in [1.54, 1.807) is 18.3 Å². The first kappa shape index (κ1) is 15.6. The summed E-state index contributed by atoms with van der Waals surface area (Å²) >= 11 is 0. The number of benzene rings is 2. The predicted octanol–water partition coefficient (Wildman–Crippen LogP) is 2.93. The van der Waals surface area contributed by atoms with E-state index < -0.39 is 0 Å². The summed E-state index contributed by atoms with van der Waals surface area (Å²) in [5.74, 6) is 0.211. The second-order valence-corrected chi connectivity index (χ2v) is 6.13. The number of phenols is 1. The molecule has 0 aliphatic carbocycles. The van der Waals surface area contributed by atoms with Crippen LogP contribution in [0.25, 0.3) is 22.4 Å². The molecule has 2 aromatic carbocycles. The van der Waals surface area contributed by atoms with Gasteiger partial charge in [0.2, 0.25) is 0 Å². The quantitative estimate of drug-likeness (QED) is 0.772. The lowest BCUT2D eigenvalue weighted by Crippen LogP contribution is -2.43. The maximum Gasteiger partial charge on any atom is 0.125 e. The Bertz CT molecular complexity index is 858. The second kappa shape index (κ2) is 6.91. The highest BCUT2D eigenvalue weighted by molar-refractivity contribution is 5.73. The number of piperazine rings is 1. The van der Waals surface area contributed by atoms with Crippen LogP contribution in [-0.4, -0.2) is 41.5 Å². The van der Waals surface area contributed by atoms with Gasteiger partial charge in [0.05, 0.1) is 11.9 Å². The van der Waals surface area contributed by atoms with Crippen molar-refractivity contribution in [2.45, 2.75) is 0 Å². The summed E-state index contributed by atoms with van der Waals surface area (Å²) in [6.45, 7) is 4.13. The third kappa shape index (κ3) is 3.32. The van der Waals surface area contributed by atoms with E-state index in [0.717, 1.165) is 37.3 Å². The normalized spacial score (nSPS) is 14.5. The molecule has 0 amide bonds. The summed E-state index contributed by atoms with van der Waals surface area (Å²) in [6, 6.07) is 17.7. The molecule has 5 nitrogen and oxygen atoms in total. The van der Waals surface area contributed by atoms with Gasteiger partial charge in [0.1, 0.15) is 5.75 Å². The van der Waals surface area contributed by atoms with Crippen LogP contribution in [0.5, 0.6) is 5.75 Å². The number of aromatic nitrogens is 2. The maximum absolute atomic E-state index is 10.0. The van der Waals surface area contributed by atoms with Crippen LogP contribution in [0.2, 0.25) is 0 Å². The Morgan fingerprint density at radius 2 is 1.68 bits per heavy atom. The highest BCUT2D eigenvalue weighted by Gasteiger charge is 2.11. The lowest BCUT2D eigenvalue weighted by molar-refractivity contribution is 0.477. The molecule has 0 saturated carbocycles. The van der Waals surface area contributed by atoms with Gasteiger partial charge in [-0.15, -0.1) is 0 Å². The van der Waals surface area contributed by atoms with Crippen LogP contribution >= 0.6 is 0 Å². The number of nitrogens with zero attached hydrogens (tertiary/aromatic N) is 3. The topological polar surface area (TPSA) is 61.3 Å². The van der Waals surface area contributed by atoms with E-state index in [1.807, 2.05) is 18.2 Å². The molecular weight excluding hydrogens is 312 g/mol. The van der Waals surface area contributed by atoms with Gasteiger partial charge in [0.25, 0.3) is 0 Å². The molecule has 25 heavy (non-hydrogen) atoms. The highest BCUT2D eigenvalue weighted by Crippen LogP contribution is 2.30. The number of phenolic OH excluding ortho intramolecular Hbond substituents is 1. The Labute approximate surface area is 147 Å². The van der Waals surface area contributed by atoms with Crippen LogP contribution in [-0.2, 0) is 0 Å². The summed E-state index contributed by atoms with van der Waals surface area (Å²) in [4.78, 5) is 2.39. The van der Waals surface area contributed by atoms with Crippen LogP contribution in [0.4, 0.5) is 5.69 Å². The molecule has 0 radical (unpaired) electrons. The summed E-state index contributed by atoms with van der Waals surface area (Å²) in [5.41, 5.74) is 4.68. The SMILES string of the molecule is Oc1ccccc1-c1cc(-c2ccc(N3CCNCC3)cc2)cnn1. The molecule has 2 heterocycles. The Balaban J connectivity index is 1.62. The number of anilines is 1. The number of nitrogens with one attached hydrogen (secondary N) is 1. The number of rotatable bonds is 3. The van der Waals surface area contributed by atoms with Crippen molar-refractivity contribution in [3.05, 3.63) is 60.8 Å². The Hall–Kier alpha value is -2.92. The van der Waals surface area contributed by atoms with Gasteiger partial charge in [0, 0.05) is 43.0 Å². The average molecular weight is 332 g/mol. The molecule has 2 N–H and O–H groups in total. The van der Waals surface area contributed by atoms with Gasteiger partial charge in [-0.2, -0.15) is 10.2 Å². The number of para-hydroxylation sites is 1. The highest BCUT2D eigenvalue weighted by atomic mass is 16.3. The fraction of sp³-hybridized carbons (Fsp3) is 0.200. The van der Waals surface area contributed by atoms with Gasteiger partial charge in [-0.1, -0.05) is 24.3 Å². The third-order valence-corrected chi connectivity index (χ3v) is 4.52. The van der Waals surface area contributed by atoms with Crippen LogP contribution in [0.15, 0.2) is 60.8 Å². The number of hydrogen-bond acceptors (Lipinski definition) is 5. The molecule has 4 rings (SSSR count). The standard InChI is InChI=1S/C20H20N4O/c25-20-4-2-1-3-18(20)19-13-16(14-22-23-19)15-5-7-17(8-6-15)24-11-9-21-10-12-24/h1-8,13-14,21,25H,9-12H2. The molecule has 1 aromatic heterocycles. The lowest BCUT2D eigenvalue weighted by atomic mass is 10.0. The van der Waals surface area contributed by atoms with Gasteiger partial charge in [-0.05, 0) is 35.9 Å². The monoisotopic (exact) mass is 332 g/mol. The fourth-order valence-corrected chi connectivity index (χ4v) is 3.13. The van der Waals surface area contributed by atoms with Crippen molar-refractivity contribution >= 4 is 5.69 Å². The maximum atomic E-state index is 10.0. The smallest absolute Gasteiger partial charge is 0.125 e. The summed E-state index contributed by atoms with van der Waals surface area (Å²) in [5, 5.41) is 21.7. The number of aromatic hydroxyl groups is 1. The lowest BCUT2D eigenvalue weighted by Gasteiger charge is -2.29. The van der Waals surface area contributed by atoms with Crippen LogP contribution in [0, 0.1) is 0 Å². The largest absolute Gasteiger partial charge is 0.507 e. The molecule has 1 aliphatic heterocycles. The zero-order valence-electron chi connectivity index (χ0n) is 13.9. The van der Waals surface area contributed by atoms with Crippen LogP contribution in [0.3, 0.4) is 0 Å². The first-order valence-electron chi connectivity index (χ1n) is 8.48. The van der Waals surface area contributed by atoms with Crippen molar-refractivity contribution in [2.24, 2.45) is 0 Å². The van der Waals surface area contributed by atoms with Crippen molar-refractivity contribution in [3.63, 3.8) is 0 Å². The predicted molar refractivity (Wildman–Crippen MR) is 99.7 cm³/mol. The second-order valence-electron chi connectivity index (χ2n) is 6.13. The molecule has 3 aromatic rings. The molecule has 0 spiro atoms. The Morgan fingerprint density at radius 1 is 0.920 bits per heavy atom. The molecule has 1 aliphatic rings. The average Bonchev–Trinajstić information content (AvgIpc) is 2.69. The molecule has 0 atom stereocenters. The first-order chi connectivity index (χ1) is 12.3. The molecule has 1 fully saturated rings. The summed E-state index contributed by atoms with van der Waals surface area (Å²) in [6.07, 6.45) is 1.75. The minimum Gasteiger partial charge on any atom is -0.507 e. The molecular formula is C20H20N4O. The van der Waals surface area contributed by atoms with Crippen molar-refractivity contribution < 1.29 is 5.11 Å². The molecule has 126 valence electrons. The zero-order chi connectivity index (χ0) is 17.1. The number of hydrogen-bond donors (Lipinski definition) is 2. The van der Waals surface area contributed by atoms with Gasteiger partial charge in [-0.25, -0.2) is 0 Å². The summed E-state index contributed by atoms with van der Waals surface area (Å²) < 4.78 is 0. The van der Waals surface area contributed by atoms with Gasteiger partial charge < -0.3 is 15.3 Å². The minimum absolute atomic E-state index is 0.211. The van der Waals surface area contributed by atoms with Crippen molar-refractivity contribution in [1.82, 2.24) is 15.5 Å². The molecule has 1 saturated heterocycles. The first-order valence-corrected chi connectivity index (χ1v) is 8.48. The van der Waals surface area contributed by atoms with Crippen LogP contribution < -0.4 is 10.2 Å². The molecule has 0 unspecified atom stereocenters. The van der Waals surface area contributed by atoms with E-state index in [4.69, 9.17) is 0 Å². The molecule has 0 bridgehead atoms. The van der Waals surface area contributed by atoms with Gasteiger partial charge >= 0.3 is 0 Å². The molecule has 5 heteroatoms. The van der Waals surface area contributed by atoms with E-state index in [9.17, 15) is 5.11 Å². The Morgan fingerprint density at radius 3 is 2.44 bits per heavy atom. The van der Waals surface area contributed by atoms with Crippen molar-refractivity contribution in [1.29, 1.82) is 0 Å². The zero-order valence-corrected chi connectivity index (χ0v) is 13.9. The van der Waals surface area contributed by atoms with E-state index in [2.05, 4.69) is 44.7 Å². The van der Waals surface area contributed by atoms with Crippen molar-refractivity contribution in [2.75, 3.05) is 31.1 Å². The van der Waals surface area contributed by atoms with E-state index in [0.29, 0.717) is 11.3 Å².